The molecule has 2 rings (SSSR count). The minimum atomic E-state index is 0.259. The fraction of sp³-hybridized carbons (Fsp3) is 0.571. The van der Waals surface area contributed by atoms with Crippen molar-refractivity contribution in [3.63, 3.8) is 0 Å². The Morgan fingerprint density at radius 2 is 2.00 bits per heavy atom. The summed E-state index contributed by atoms with van der Waals surface area (Å²) in [4.78, 5) is 0. The normalized spacial score (nSPS) is 16.8. The number of ether oxygens (including phenoxy) is 2. The Balaban J connectivity index is 1.50. The third-order valence-corrected chi connectivity index (χ3v) is 2.77. The highest BCUT2D eigenvalue weighted by Gasteiger charge is 2.20. The van der Waals surface area contributed by atoms with Gasteiger partial charge >= 0.3 is 0 Å². The third kappa shape index (κ3) is 5.20. The predicted molar refractivity (Wildman–Crippen MR) is 68.4 cm³/mol. The molecule has 0 aliphatic heterocycles. The molecular formula is C14H21NO2. The Hall–Kier alpha value is -1.06. The van der Waals surface area contributed by atoms with Crippen LogP contribution in [0.4, 0.5) is 0 Å². The van der Waals surface area contributed by atoms with Crippen LogP contribution in [-0.2, 0) is 4.74 Å². The Morgan fingerprint density at radius 1 is 1.24 bits per heavy atom. The van der Waals surface area contributed by atoms with Gasteiger partial charge in [-0.1, -0.05) is 18.2 Å². The van der Waals surface area contributed by atoms with Gasteiger partial charge in [-0.3, -0.25) is 0 Å². The molecule has 0 bridgehead atoms. The van der Waals surface area contributed by atoms with Gasteiger partial charge in [0.15, 0.2) is 0 Å². The molecule has 0 aromatic heterocycles. The van der Waals surface area contributed by atoms with Crippen molar-refractivity contribution >= 4 is 0 Å². The van der Waals surface area contributed by atoms with Crippen LogP contribution in [0.1, 0.15) is 19.8 Å². The summed E-state index contributed by atoms with van der Waals surface area (Å²) in [6.45, 7) is 4.29. The lowest BCUT2D eigenvalue weighted by Crippen LogP contribution is -2.29. The van der Waals surface area contributed by atoms with E-state index in [4.69, 9.17) is 9.47 Å². The van der Waals surface area contributed by atoms with Crippen LogP contribution in [0.25, 0.3) is 0 Å². The quantitative estimate of drug-likeness (QED) is 0.701. The van der Waals surface area contributed by atoms with E-state index in [0.717, 1.165) is 18.3 Å². The molecule has 1 unspecified atom stereocenters. The summed E-state index contributed by atoms with van der Waals surface area (Å²) < 4.78 is 11.2. The van der Waals surface area contributed by atoms with E-state index in [1.807, 2.05) is 30.3 Å². The van der Waals surface area contributed by atoms with E-state index in [2.05, 4.69) is 12.2 Å². The Morgan fingerprint density at radius 3 is 2.71 bits per heavy atom. The first-order chi connectivity index (χ1) is 8.34. The van der Waals surface area contributed by atoms with E-state index in [1.165, 1.54) is 12.8 Å². The fourth-order valence-electron chi connectivity index (χ4n) is 1.60. The van der Waals surface area contributed by atoms with Crippen molar-refractivity contribution in [3.05, 3.63) is 30.3 Å². The number of hydrogen-bond donors (Lipinski definition) is 1. The molecule has 1 aromatic rings. The van der Waals surface area contributed by atoms with Crippen molar-refractivity contribution in [2.24, 2.45) is 0 Å². The molecule has 17 heavy (non-hydrogen) atoms. The molecule has 0 radical (unpaired) electrons. The molecule has 1 aliphatic rings. The number of nitrogens with one attached hydrogen (secondary N) is 1. The van der Waals surface area contributed by atoms with Gasteiger partial charge in [0.05, 0.1) is 12.7 Å². The van der Waals surface area contributed by atoms with E-state index < -0.39 is 0 Å². The summed E-state index contributed by atoms with van der Waals surface area (Å²) in [6, 6.07) is 10.6. The Bertz CT molecular complexity index is 311. The van der Waals surface area contributed by atoms with E-state index in [0.29, 0.717) is 13.2 Å². The number of hydrogen-bond acceptors (Lipinski definition) is 3. The van der Waals surface area contributed by atoms with Gasteiger partial charge in [-0.15, -0.1) is 0 Å². The van der Waals surface area contributed by atoms with Crippen LogP contribution >= 0.6 is 0 Å². The summed E-state index contributed by atoms with van der Waals surface area (Å²) in [6.07, 6.45) is 2.91. The van der Waals surface area contributed by atoms with E-state index in [1.54, 1.807) is 0 Å². The number of benzene rings is 1. The van der Waals surface area contributed by atoms with Crippen LogP contribution in [0.15, 0.2) is 30.3 Å². The second-order valence-electron chi connectivity index (χ2n) is 4.53. The van der Waals surface area contributed by atoms with Crippen LogP contribution < -0.4 is 10.1 Å². The average molecular weight is 235 g/mol. The van der Waals surface area contributed by atoms with Crippen molar-refractivity contribution in [2.45, 2.75) is 31.9 Å². The summed E-state index contributed by atoms with van der Waals surface area (Å²) in [7, 11) is 0. The lowest BCUT2D eigenvalue weighted by molar-refractivity contribution is 0.0446. The summed E-state index contributed by atoms with van der Waals surface area (Å²) in [5.41, 5.74) is 0. The van der Waals surface area contributed by atoms with Crippen LogP contribution in [-0.4, -0.2) is 31.9 Å². The van der Waals surface area contributed by atoms with Crippen molar-refractivity contribution < 1.29 is 9.47 Å². The van der Waals surface area contributed by atoms with Gasteiger partial charge in [0.1, 0.15) is 12.4 Å². The van der Waals surface area contributed by atoms with E-state index in [-0.39, 0.29) is 6.10 Å². The summed E-state index contributed by atoms with van der Waals surface area (Å²) in [5, 5.41) is 3.45. The van der Waals surface area contributed by atoms with Gasteiger partial charge in [0.25, 0.3) is 0 Å². The van der Waals surface area contributed by atoms with Crippen LogP contribution in [0.5, 0.6) is 5.75 Å². The largest absolute Gasteiger partial charge is 0.491 e. The predicted octanol–water partition coefficient (Wildman–Crippen LogP) is 2.22. The highest BCUT2D eigenvalue weighted by Crippen LogP contribution is 2.18. The second-order valence-corrected chi connectivity index (χ2v) is 4.53. The molecule has 1 N–H and O–H groups in total. The van der Waals surface area contributed by atoms with Crippen molar-refractivity contribution in [3.8, 4) is 5.75 Å². The summed E-state index contributed by atoms with van der Waals surface area (Å²) >= 11 is 0. The van der Waals surface area contributed by atoms with Gasteiger partial charge in [0.2, 0.25) is 0 Å². The Kier molecular flexibility index (Phi) is 4.83. The molecule has 94 valence electrons. The third-order valence-electron chi connectivity index (χ3n) is 2.77. The Labute approximate surface area is 103 Å². The molecule has 3 nitrogen and oxygen atoms in total. The average Bonchev–Trinajstić information content (AvgIpc) is 3.17. The minimum Gasteiger partial charge on any atom is -0.491 e. The molecule has 1 aromatic carbocycles. The smallest absolute Gasteiger partial charge is 0.119 e. The monoisotopic (exact) mass is 235 g/mol. The maximum absolute atomic E-state index is 5.65. The van der Waals surface area contributed by atoms with Gasteiger partial charge in [-0.05, 0) is 31.9 Å². The minimum absolute atomic E-state index is 0.259. The first-order valence-corrected chi connectivity index (χ1v) is 6.37. The zero-order valence-corrected chi connectivity index (χ0v) is 10.4. The fourth-order valence-corrected chi connectivity index (χ4v) is 1.60. The van der Waals surface area contributed by atoms with Crippen LogP contribution in [0.2, 0.25) is 0 Å². The molecule has 0 spiro atoms. The molecule has 1 atom stereocenters. The molecule has 0 amide bonds. The van der Waals surface area contributed by atoms with Gasteiger partial charge in [-0.25, -0.2) is 0 Å². The van der Waals surface area contributed by atoms with Crippen molar-refractivity contribution in [1.82, 2.24) is 5.32 Å². The lowest BCUT2D eigenvalue weighted by atomic mass is 10.3. The maximum Gasteiger partial charge on any atom is 0.119 e. The van der Waals surface area contributed by atoms with E-state index >= 15 is 0 Å². The number of rotatable bonds is 8. The van der Waals surface area contributed by atoms with Crippen LogP contribution in [0.3, 0.4) is 0 Å². The van der Waals surface area contributed by atoms with Crippen molar-refractivity contribution in [2.75, 3.05) is 19.8 Å². The number of para-hydroxylation sites is 1. The highest BCUT2D eigenvalue weighted by atomic mass is 16.5. The standard InChI is InChI=1S/C14H21NO2/c1-12(11-15-13-7-8-13)16-9-10-17-14-5-3-2-4-6-14/h2-6,12-13,15H,7-11H2,1H3. The molecule has 0 saturated heterocycles. The summed E-state index contributed by atoms with van der Waals surface area (Å²) in [5.74, 6) is 0.903. The van der Waals surface area contributed by atoms with Gasteiger partial charge < -0.3 is 14.8 Å². The molecule has 1 fully saturated rings. The van der Waals surface area contributed by atoms with Crippen LogP contribution in [0, 0.1) is 0 Å². The zero-order valence-electron chi connectivity index (χ0n) is 10.4. The lowest BCUT2D eigenvalue weighted by Gasteiger charge is -2.14. The zero-order chi connectivity index (χ0) is 11.9. The van der Waals surface area contributed by atoms with Gasteiger partial charge in [-0.2, -0.15) is 0 Å². The maximum atomic E-state index is 5.65. The van der Waals surface area contributed by atoms with Crippen molar-refractivity contribution in [1.29, 1.82) is 0 Å². The molecule has 0 heterocycles. The molecular weight excluding hydrogens is 214 g/mol. The SMILES string of the molecule is CC(CNC1CC1)OCCOc1ccccc1. The molecule has 3 heteroatoms. The molecule has 1 aliphatic carbocycles. The molecule has 1 saturated carbocycles. The first-order valence-electron chi connectivity index (χ1n) is 6.37. The first kappa shape index (κ1) is 12.4. The second kappa shape index (κ2) is 6.62. The van der Waals surface area contributed by atoms with Gasteiger partial charge in [0, 0.05) is 12.6 Å². The highest BCUT2D eigenvalue weighted by molar-refractivity contribution is 5.20. The van der Waals surface area contributed by atoms with E-state index in [9.17, 15) is 0 Å². The topological polar surface area (TPSA) is 30.5 Å².